The average molecular weight is 227 g/mol. The van der Waals surface area contributed by atoms with Crippen molar-refractivity contribution in [3.8, 4) is 0 Å². The third-order valence-corrected chi connectivity index (χ3v) is 2.80. The molecule has 0 spiro atoms. The molecule has 0 atom stereocenters. The van der Waals surface area contributed by atoms with E-state index in [1.165, 1.54) is 16.3 Å². The Morgan fingerprint density at radius 3 is 2.65 bits per heavy atom. The van der Waals surface area contributed by atoms with Crippen molar-refractivity contribution in [2.75, 3.05) is 6.54 Å². The van der Waals surface area contributed by atoms with Crippen molar-refractivity contribution >= 4 is 16.6 Å². The molecule has 0 bridgehead atoms. The predicted molar refractivity (Wildman–Crippen MR) is 71.0 cm³/mol. The second-order valence-corrected chi connectivity index (χ2v) is 4.31. The summed E-state index contributed by atoms with van der Waals surface area (Å²) in [6, 6.07) is 14.8. The topological polar surface area (TPSA) is 29.1 Å². The Kier molecular flexibility index (Phi) is 3.89. The lowest BCUT2D eigenvalue weighted by molar-refractivity contribution is -0.116. The molecule has 2 rings (SSSR count). The van der Waals surface area contributed by atoms with Crippen LogP contribution in [0, 0.1) is 0 Å². The van der Waals surface area contributed by atoms with E-state index in [9.17, 15) is 4.79 Å². The molecule has 2 nitrogen and oxygen atoms in total. The van der Waals surface area contributed by atoms with Gasteiger partial charge in [-0.05, 0) is 29.3 Å². The minimum Gasteiger partial charge on any atom is -0.312 e. The molecule has 0 aliphatic rings. The summed E-state index contributed by atoms with van der Waals surface area (Å²) in [7, 11) is 0. The SMILES string of the molecule is CC(=O)CCNCc1ccc2ccccc2c1. The van der Waals surface area contributed by atoms with Gasteiger partial charge in [-0.1, -0.05) is 36.4 Å². The lowest BCUT2D eigenvalue weighted by atomic mass is 10.1. The zero-order chi connectivity index (χ0) is 12.1. The molecule has 1 N–H and O–H groups in total. The van der Waals surface area contributed by atoms with Crippen LogP contribution in [0.15, 0.2) is 42.5 Å². The highest BCUT2D eigenvalue weighted by atomic mass is 16.1. The maximum Gasteiger partial charge on any atom is 0.131 e. The molecule has 0 unspecified atom stereocenters. The van der Waals surface area contributed by atoms with Gasteiger partial charge in [-0.25, -0.2) is 0 Å². The fraction of sp³-hybridized carbons (Fsp3) is 0.267. The van der Waals surface area contributed by atoms with Gasteiger partial charge >= 0.3 is 0 Å². The summed E-state index contributed by atoms with van der Waals surface area (Å²) in [6.07, 6.45) is 0.605. The largest absolute Gasteiger partial charge is 0.312 e. The van der Waals surface area contributed by atoms with Gasteiger partial charge in [0.1, 0.15) is 5.78 Å². The second kappa shape index (κ2) is 5.60. The lowest BCUT2D eigenvalue weighted by Crippen LogP contribution is -2.16. The van der Waals surface area contributed by atoms with E-state index >= 15 is 0 Å². The molecule has 0 fully saturated rings. The van der Waals surface area contributed by atoms with Crippen LogP contribution in [-0.2, 0) is 11.3 Å². The Morgan fingerprint density at radius 1 is 1.12 bits per heavy atom. The molecule has 0 saturated carbocycles. The molecule has 0 aliphatic carbocycles. The Morgan fingerprint density at radius 2 is 1.88 bits per heavy atom. The van der Waals surface area contributed by atoms with Crippen LogP contribution in [0.1, 0.15) is 18.9 Å². The first-order chi connectivity index (χ1) is 8.25. The van der Waals surface area contributed by atoms with E-state index in [1.54, 1.807) is 6.92 Å². The smallest absolute Gasteiger partial charge is 0.131 e. The van der Waals surface area contributed by atoms with Crippen LogP contribution in [-0.4, -0.2) is 12.3 Å². The summed E-state index contributed by atoms with van der Waals surface area (Å²) in [5.41, 5.74) is 1.26. The first-order valence-corrected chi connectivity index (χ1v) is 5.93. The minimum atomic E-state index is 0.232. The summed E-state index contributed by atoms with van der Waals surface area (Å²) in [5.74, 6) is 0.232. The van der Waals surface area contributed by atoms with E-state index in [4.69, 9.17) is 0 Å². The van der Waals surface area contributed by atoms with Gasteiger partial charge in [-0.2, -0.15) is 0 Å². The molecular formula is C15H17NO. The number of Topliss-reactive ketones (excluding diaryl/α,β-unsaturated/α-hetero) is 1. The number of carbonyl (C=O) groups is 1. The molecule has 0 radical (unpaired) electrons. The maximum absolute atomic E-state index is 10.8. The van der Waals surface area contributed by atoms with Crippen molar-refractivity contribution in [2.45, 2.75) is 19.9 Å². The number of nitrogens with one attached hydrogen (secondary N) is 1. The van der Waals surface area contributed by atoms with Crippen LogP contribution in [0.3, 0.4) is 0 Å². The number of fused-ring (bicyclic) bond motifs is 1. The van der Waals surface area contributed by atoms with Crippen LogP contribution in [0.25, 0.3) is 10.8 Å². The van der Waals surface area contributed by atoms with Gasteiger partial charge in [0.2, 0.25) is 0 Å². The molecule has 88 valence electrons. The van der Waals surface area contributed by atoms with Gasteiger partial charge in [-0.15, -0.1) is 0 Å². The number of hydrogen-bond acceptors (Lipinski definition) is 2. The quantitative estimate of drug-likeness (QED) is 0.796. The normalized spacial score (nSPS) is 10.6. The third kappa shape index (κ3) is 3.40. The Bertz CT molecular complexity index is 519. The van der Waals surface area contributed by atoms with Gasteiger partial charge in [0, 0.05) is 19.5 Å². The molecule has 0 saturated heterocycles. The van der Waals surface area contributed by atoms with E-state index in [-0.39, 0.29) is 5.78 Å². The van der Waals surface area contributed by atoms with Crippen LogP contribution >= 0.6 is 0 Å². The summed E-state index contributed by atoms with van der Waals surface area (Å²) >= 11 is 0. The van der Waals surface area contributed by atoms with Crippen molar-refractivity contribution < 1.29 is 4.79 Å². The van der Waals surface area contributed by atoms with E-state index < -0.39 is 0 Å². The van der Waals surface area contributed by atoms with Gasteiger partial charge in [-0.3, -0.25) is 4.79 Å². The minimum absolute atomic E-state index is 0.232. The van der Waals surface area contributed by atoms with E-state index in [1.807, 2.05) is 6.07 Å². The van der Waals surface area contributed by atoms with Crippen molar-refractivity contribution in [2.24, 2.45) is 0 Å². The zero-order valence-corrected chi connectivity index (χ0v) is 10.1. The second-order valence-electron chi connectivity index (χ2n) is 4.31. The summed E-state index contributed by atoms with van der Waals surface area (Å²) < 4.78 is 0. The van der Waals surface area contributed by atoms with Crippen molar-refractivity contribution in [1.82, 2.24) is 5.32 Å². The molecule has 0 aromatic heterocycles. The van der Waals surface area contributed by atoms with Crippen molar-refractivity contribution in [3.63, 3.8) is 0 Å². The summed E-state index contributed by atoms with van der Waals surface area (Å²) in [4.78, 5) is 10.8. The van der Waals surface area contributed by atoms with Gasteiger partial charge in [0.25, 0.3) is 0 Å². The Hall–Kier alpha value is -1.67. The van der Waals surface area contributed by atoms with E-state index in [2.05, 4.69) is 41.7 Å². The molecule has 0 heterocycles. The fourth-order valence-corrected chi connectivity index (χ4v) is 1.85. The van der Waals surface area contributed by atoms with Gasteiger partial charge in [0.05, 0.1) is 0 Å². The molecule has 0 aliphatic heterocycles. The van der Waals surface area contributed by atoms with Crippen LogP contribution in [0.4, 0.5) is 0 Å². The highest BCUT2D eigenvalue weighted by molar-refractivity contribution is 5.82. The predicted octanol–water partition coefficient (Wildman–Crippen LogP) is 2.91. The average Bonchev–Trinajstić information content (AvgIpc) is 2.34. The van der Waals surface area contributed by atoms with Crippen molar-refractivity contribution in [3.05, 3.63) is 48.0 Å². The number of rotatable bonds is 5. The molecule has 0 amide bonds. The molecule has 2 aromatic carbocycles. The highest BCUT2D eigenvalue weighted by Gasteiger charge is 1.97. The number of ketones is 1. The first kappa shape index (κ1) is 11.8. The van der Waals surface area contributed by atoms with Crippen LogP contribution in [0.2, 0.25) is 0 Å². The van der Waals surface area contributed by atoms with Crippen LogP contribution in [0.5, 0.6) is 0 Å². The Labute approximate surface area is 102 Å². The molecule has 2 aromatic rings. The van der Waals surface area contributed by atoms with Gasteiger partial charge in [0.15, 0.2) is 0 Å². The molecule has 17 heavy (non-hydrogen) atoms. The molecule has 2 heteroatoms. The third-order valence-electron chi connectivity index (χ3n) is 2.80. The van der Waals surface area contributed by atoms with E-state index in [0.29, 0.717) is 6.42 Å². The van der Waals surface area contributed by atoms with Crippen LogP contribution < -0.4 is 5.32 Å². The van der Waals surface area contributed by atoms with Crippen molar-refractivity contribution in [1.29, 1.82) is 0 Å². The zero-order valence-electron chi connectivity index (χ0n) is 10.1. The summed E-state index contributed by atoms with van der Waals surface area (Å²) in [5, 5.41) is 5.80. The number of carbonyl (C=O) groups excluding carboxylic acids is 1. The highest BCUT2D eigenvalue weighted by Crippen LogP contribution is 2.15. The van der Waals surface area contributed by atoms with E-state index in [0.717, 1.165) is 13.1 Å². The first-order valence-electron chi connectivity index (χ1n) is 5.93. The Balaban J connectivity index is 1.97. The standard InChI is InChI=1S/C15H17NO/c1-12(17)8-9-16-11-13-6-7-14-4-2-3-5-15(14)10-13/h2-7,10,16H,8-9,11H2,1H3. The lowest BCUT2D eigenvalue weighted by Gasteiger charge is -2.05. The summed E-state index contributed by atoms with van der Waals surface area (Å²) in [6.45, 7) is 3.19. The maximum atomic E-state index is 10.8. The fourth-order valence-electron chi connectivity index (χ4n) is 1.85. The monoisotopic (exact) mass is 227 g/mol. The number of hydrogen-bond donors (Lipinski definition) is 1. The number of benzene rings is 2. The molecular weight excluding hydrogens is 210 g/mol. The van der Waals surface area contributed by atoms with Gasteiger partial charge < -0.3 is 5.32 Å².